The summed E-state index contributed by atoms with van der Waals surface area (Å²) in [4.78, 5) is 12.3. The molecule has 0 bridgehead atoms. The summed E-state index contributed by atoms with van der Waals surface area (Å²) in [7, 11) is 0. The minimum atomic E-state index is -0.515. The number of benzene rings is 2. The molecule has 3 aromatic rings. The molecule has 0 amide bonds. The van der Waals surface area contributed by atoms with Crippen molar-refractivity contribution in [2.45, 2.75) is 0 Å². The van der Waals surface area contributed by atoms with Crippen molar-refractivity contribution < 1.29 is 18.0 Å². The van der Waals surface area contributed by atoms with Crippen molar-refractivity contribution in [3.63, 3.8) is 0 Å². The van der Waals surface area contributed by atoms with Gasteiger partial charge in [-0.3, -0.25) is 4.79 Å². The van der Waals surface area contributed by atoms with Crippen LogP contribution in [0.3, 0.4) is 0 Å². The van der Waals surface area contributed by atoms with E-state index in [1.807, 2.05) is 0 Å². The summed E-state index contributed by atoms with van der Waals surface area (Å²) in [5.74, 6) is -1.35. The van der Waals surface area contributed by atoms with Crippen molar-refractivity contribution in [1.29, 1.82) is 0 Å². The lowest BCUT2D eigenvalue weighted by molar-refractivity contribution is 0.101. The first kappa shape index (κ1) is 13.0. The van der Waals surface area contributed by atoms with Gasteiger partial charge in [0.25, 0.3) is 0 Å². The van der Waals surface area contributed by atoms with Crippen molar-refractivity contribution >= 4 is 32.7 Å². The lowest BCUT2D eigenvalue weighted by Gasteiger charge is -2.01. The number of rotatable bonds is 2. The summed E-state index contributed by atoms with van der Waals surface area (Å²) >= 11 is 3.19. The molecule has 3 rings (SSSR count). The Bertz CT molecular complexity index is 824. The molecule has 0 saturated heterocycles. The van der Waals surface area contributed by atoms with E-state index in [1.54, 1.807) is 0 Å². The third-order valence-corrected chi connectivity index (χ3v) is 3.57. The second-order valence-corrected chi connectivity index (χ2v) is 5.10. The number of ketones is 1. The van der Waals surface area contributed by atoms with Crippen LogP contribution in [0.15, 0.2) is 51.4 Å². The van der Waals surface area contributed by atoms with E-state index in [4.69, 9.17) is 4.42 Å². The van der Waals surface area contributed by atoms with Gasteiger partial charge in [0.05, 0.1) is 0 Å². The summed E-state index contributed by atoms with van der Waals surface area (Å²) in [5.41, 5.74) is 0.562. The van der Waals surface area contributed by atoms with Crippen LogP contribution in [-0.4, -0.2) is 5.78 Å². The van der Waals surface area contributed by atoms with E-state index in [0.717, 1.165) is 6.07 Å². The third kappa shape index (κ3) is 2.25. The number of halogens is 3. The first-order valence-corrected chi connectivity index (χ1v) is 6.53. The minimum absolute atomic E-state index is 0.0388. The fourth-order valence-corrected chi connectivity index (χ4v) is 2.36. The Balaban J connectivity index is 2.10. The lowest BCUT2D eigenvalue weighted by Crippen LogP contribution is -2.01. The molecule has 0 fully saturated rings. The molecule has 0 spiro atoms. The van der Waals surface area contributed by atoms with Crippen LogP contribution in [0.2, 0.25) is 0 Å². The Morgan fingerprint density at radius 1 is 1.00 bits per heavy atom. The number of carbonyl (C=O) groups excluding carboxylic acids is 1. The SMILES string of the molecule is O=C(c1cc2cc(F)ccc2o1)c1cc(F)ccc1Br. The van der Waals surface area contributed by atoms with Gasteiger partial charge in [0.1, 0.15) is 17.2 Å². The van der Waals surface area contributed by atoms with Crippen LogP contribution in [0.5, 0.6) is 0 Å². The smallest absolute Gasteiger partial charge is 0.229 e. The molecule has 0 saturated carbocycles. The van der Waals surface area contributed by atoms with Crippen molar-refractivity contribution in [2.24, 2.45) is 0 Å². The van der Waals surface area contributed by atoms with Gasteiger partial charge in [-0.25, -0.2) is 8.78 Å². The summed E-state index contributed by atoms with van der Waals surface area (Å²) in [6.45, 7) is 0. The average molecular weight is 337 g/mol. The predicted molar refractivity (Wildman–Crippen MR) is 73.7 cm³/mol. The van der Waals surface area contributed by atoms with Gasteiger partial charge in [-0.2, -0.15) is 0 Å². The molecule has 0 aliphatic heterocycles. The summed E-state index contributed by atoms with van der Waals surface area (Å²) in [5, 5.41) is 0.487. The van der Waals surface area contributed by atoms with Crippen molar-refractivity contribution in [2.75, 3.05) is 0 Å². The normalized spacial score (nSPS) is 10.9. The van der Waals surface area contributed by atoms with E-state index in [0.29, 0.717) is 15.4 Å². The molecule has 0 atom stereocenters. The van der Waals surface area contributed by atoms with Crippen LogP contribution in [0, 0.1) is 11.6 Å². The topological polar surface area (TPSA) is 30.2 Å². The van der Waals surface area contributed by atoms with Crippen LogP contribution in [0.25, 0.3) is 11.0 Å². The third-order valence-electron chi connectivity index (χ3n) is 2.88. The standard InChI is InChI=1S/C15H7BrF2O2/c16-12-3-1-10(18)7-11(12)15(19)14-6-8-5-9(17)2-4-13(8)20-14/h1-7H. The monoisotopic (exact) mass is 336 g/mol. The van der Waals surface area contributed by atoms with Gasteiger partial charge in [0, 0.05) is 15.4 Å². The van der Waals surface area contributed by atoms with Gasteiger partial charge in [0.2, 0.25) is 5.78 Å². The Labute approximate surface area is 121 Å². The van der Waals surface area contributed by atoms with Crippen LogP contribution >= 0.6 is 15.9 Å². The molecule has 2 aromatic carbocycles. The first-order chi connectivity index (χ1) is 9.54. The largest absolute Gasteiger partial charge is 0.453 e. The van der Waals surface area contributed by atoms with Gasteiger partial charge in [-0.15, -0.1) is 0 Å². The molecule has 0 unspecified atom stereocenters. The highest BCUT2D eigenvalue weighted by Gasteiger charge is 2.18. The van der Waals surface area contributed by atoms with E-state index in [1.165, 1.54) is 36.4 Å². The molecule has 100 valence electrons. The first-order valence-electron chi connectivity index (χ1n) is 5.73. The van der Waals surface area contributed by atoms with Crippen molar-refractivity contribution in [3.05, 3.63) is 69.9 Å². The van der Waals surface area contributed by atoms with E-state index < -0.39 is 17.4 Å². The van der Waals surface area contributed by atoms with E-state index in [9.17, 15) is 13.6 Å². The fourth-order valence-electron chi connectivity index (χ4n) is 1.93. The number of furan rings is 1. The van der Waals surface area contributed by atoms with Crippen LogP contribution in [0.4, 0.5) is 8.78 Å². The molecule has 0 aliphatic rings. The number of hydrogen-bond acceptors (Lipinski definition) is 2. The van der Waals surface area contributed by atoms with E-state index in [2.05, 4.69) is 15.9 Å². The molecule has 2 nitrogen and oxygen atoms in total. The Kier molecular flexibility index (Phi) is 3.14. The fraction of sp³-hybridized carbons (Fsp3) is 0. The van der Waals surface area contributed by atoms with Gasteiger partial charge in [0.15, 0.2) is 5.76 Å². The summed E-state index contributed by atoms with van der Waals surface area (Å²) in [6, 6.07) is 9.23. The van der Waals surface area contributed by atoms with Crippen LogP contribution in [-0.2, 0) is 0 Å². The molecule has 0 aliphatic carbocycles. The average Bonchev–Trinajstić information content (AvgIpc) is 2.83. The molecular weight excluding hydrogens is 330 g/mol. The number of fused-ring (bicyclic) bond motifs is 1. The maximum atomic E-state index is 13.2. The van der Waals surface area contributed by atoms with Gasteiger partial charge in [-0.1, -0.05) is 15.9 Å². The van der Waals surface area contributed by atoms with Gasteiger partial charge >= 0.3 is 0 Å². The highest BCUT2D eigenvalue weighted by molar-refractivity contribution is 9.10. The summed E-state index contributed by atoms with van der Waals surface area (Å²) < 4.78 is 32.2. The van der Waals surface area contributed by atoms with E-state index in [-0.39, 0.29) is 11.3 Å². The van der Waals surface area contributed by atoms with Gasteiger partial charge < -0.3 is 4.42 Å². The molecule has 1 heterocycles. The zero-order chi connectivity index (χ0) is 14.3. The maximum absolute atomic E-state index is 13.2. The summed E-state index contributed by atoms with van der Waals surface area (Å²) in [6.07, 6.45) is 0. The Morgan fingerprint density at radius 3 is 2.50 bits per heavy atom. The second-order valence-electron chi connectivity index (χ2n) is 4.25. The molecule has 0 N–H and O–H groups in total. The molecule has 1 aromatic heterocycles. The molecule has 20 heavy (non-hydrogen) atoms. The molecular formula is C15H7BrF2O2. The molecule has 5 heteroatoms. The number of carbonyl (C=O) groups is 1. The maximum Gasteiger partial charge on any atom is 0.229 e. The van der Waals surface area contributed by atoms with Crippen LogP contribution in [0.1, 0.15) is 16.1 Å². The van der Waals surface area contributed by atoms with Crippen molar-refractivity contribution in [1.82, 2.24) is 0 Å². The Hall–Kier alpha value is -2.01. The second kappa shape index (κ2) is 4.83. The highest BCUT2D eigenvalue weighted by Crippen LogP contribution is 2.25. The lowest BCUT2D eigenvalue weighted by atomic mass is 10.1. The number of hydrogen-bond donors (Lipinski definition) is 0. The zero-order valence-electron chi connectivity index (χ0n) is 9.99. The van der Waals surface area contributed by atoms with E-state index >= 15 is 0 Å². The van der Waals surface area contributed by atoms with Crippen LogP contribution < -0.4 is 0 Å². The molecule has 0 radical (unpaired) electrons. The minimum Gasteiger partial charge on any atom is -0.453 e. The Morgan fingerprint density at radius 2 is 1.70 bits per heavy atom. The van der Waals surface area contributed by atoms with Crippen molar-refractivity contribution in [3.8, 4) is 0 Å². The zero-order valence-corrected chi connectivity index (χ0v) is 11.6. The highest BCUT2D eigenvalue weighted by atomic mass is 79.9. The quantitative estimate of drug-likeness (QED) is 0.634. The van der Waals surface area contributed by atoms with Gasteiger partial charge in [-0.05, 0) is 42.5 Å². The predicted octanol–water partition coefficient (Wildman–Crippen LogP) is 4.70.